The lowest BCUT2D eigenvalue weighted by atomic mass is 10.1. The van der Waals surface area contributed by atoms with Crippen LogP contribution >= 0.6 is 0 Å². The van der Waals surface area contributed by atoms with E-state index in [0.717, 1.165) is 18.7 Å². The van der Waals surface area contributed by atoms with Crippen molar-refractivity contribution in [1.82, 2.24) is 5.32 Å². The SMILES string of the molecule is CCOc1ccc(C(C)NCCCC(N)=O)cc1. The maximum absolute atomic E-state index is 10.6. The van der Waals surface area contributed by atoms with Gasteiger partial charge in [0.05, 0.1) is 6.61 Å². The fraction of sp³-hybridized carbons (Fsp3) is 0.500. The molecule has 100 valence electrons. The summed E-state index contributed by atoms with van der Waals surface area (Å²) in [6.45, 7) is 5.54. The Kier molecular flexibility index (Phi) is 6.22. The second kappa shape index (κ2) is 7.71. The van der Waals surface area contributed by atoms with Crippen LogP contribution in [0.5, 0.6) is 5.75 Å². The first-order chi connectivity index (χ1) is 8.63. The summed E-state index contributed by atoms with van der Waals surface area (Å²) >= 11 is 0. The zero-order chi connectivity index (χ0) is 13.4. The summed E-state index contributed by atoms with van der Waals surface area (Å²) in [7, 11) is 0. The Morgan fingerprint density at radius 1 is 1.39 bits per heavy atom. The van der Waals surface area contributed by atoms with Crippen LogP contribution in [0.2, 0.25) is 0 Å². The van der Waals surface area contributed by atoms with Gasteiger partial charge in [0.1, 0.15) is 5.75 Å². The van der Waals surface area contributed by atoms with Crippen molar-refractivity contribution in [2.45, 2.75) is 32.7 Å². The number of primary amides is 1. The fourth-order valence-electron chi connectivity index (χ4n) is 1.72. The molecule has 0 fully saturated rings. The minimum Gasteiger partial charge on any atom is -0.494 e. The molecule has 1 aromatic rings. The monoisotopic (exact) mass is 250 g/mol. The van der Waals surface area contributed by atoms with Gasteiger partial charge in [0.2, 0.25) is 5.91 Å². The highest BCUT2D eigenvalue weighted by Gasteiger charge is 2.04. The average molecular weight is 250 g/mol. The Morgan fingerprint density at radius 3 is 2.61 bits per heavy atom. The van der Waals surface area contributed by atoms with E-state index >= 15 is 0 Å². The molecule has 0 spiro atoms. The molecule has 1 rings (SSSR count). The van der Waals surface area contributed by atoms with Crippen LogP contribution in [0.3, 0.4) is 0 Å². The summed E-state index contributed by atoms with van der Waals surface area (Å²) in [4.78, 5) is 10.6. The van der Waals surface area contributed by atoms with Crippen LogP contribution in [-0.2, 0) is 4.79 Å². The third-order valence-electron chi connectivity index (χ3n) is 2.74. The molecular formula is C14H22N2O2. The second-order valence-electron chi connectivity index (χ2n) is 4.25. The van der Waals surface area contributed by atoms with Crippen LogP contribution in [0.25, 0.3) is 0 Å². The van der Waals surface area contributed by atoms with Gasteiger partial charge in [-0.1, -0.05) is 12.1 Å². The molecule has 0 saturated carbocycles. The van der Waals surface area contributed by atoms with Gasteiger partial charge in [0.25, 0.3) is 0 Å². The molecule has 1 unspecified atom stereocenters. The molecule has 4 nitrogen and oxygen atoms in total. The van der Waals surface area contributed by atoms with E-state index in [1.807, 2.05) is 19.1 Å². The predicted octanol–water partition coefficient (Wildman–Crippen LogP) is 2.00. The van der Waals surface area contributed by atoms with Crippen molar-refractivity contribution in [2.24, 2.45) is 5.73 Å². The first kappa shape index (κ1) is 14.5. The Bertz CT molecular complexity index is 363. The predicted molar refractivity (Wildman–Crippen MR) is 72.5 cm³/mol. The van der Waals surface area contributed by atoms with Crippen LogP contribution in [0.4, 0.5) is 0 Å². The molecule has 0 aliphatic heterocycles. The molecule has 0 saturated heterocycles. The topological polar surface area (TPSA) is 64.3 Å². The fourth-order valence-corrected chi connectivity index (χ4v) is 1.72. The van der Waals surface area contributed by atoms with Crippen molar-refractivity contribution < 1.29 is 9.53 Å². The lowest BCUT2D eigenvalue weighted by Gasteiger charge is -2.14. The van der Waals surface area contributed by atoms with Gasteiger partial charge >= 0.3 is 0 Å². The zero-order valence-corrected chi connectivity index (χ0v) is 11.1. The maximum Gasteiger partial charge on any atom is 0.217 e. The standard InChI is InChI=1S/C14H22N2O2/c1-3-18-13-8-6-12(7-9-13)11(2)16-10-4-5-14(15)17/h6-9,11,16H,3-5,10H2,1-2H3,(H2,15,17). The molecule has 0 heterocycles. The van der Waals surface area contributed by atoms with Gasteiger partial charge in [0.15, 0.2) is 0 Å². The number of hydrogen-bond acceptors (Lipinski definition) is 3. The summed E-state index contributed by atoms with van der Waals surface area (Å²) in [5, 5.41) is 3.36. The summed E-state index contributed by atoms with van der Waals surface area (Å²) < 4.78 is 5.39. The van der Waals surface area contributed by atoms with E-state index in [1.165, 1.54) is 5.56 Å². The van der Waals surface area contributed by atoms with Crippen LogP contribution < -0.4 is 15.8 Å². The molecule has 1 amide bonds. The molecule has 0 bridgehead atoms. The number of hydrogen-bond donors (Lipinski definition) is 2. The van der Waals surface area contributed by atoms with Gasteiger partial charge in [-0.15, -0.1) is 0 Å². The van der Waals surface area contributed by atoms with Gasteiger partial charge in [-0.2, -0.15) is 0 Å². The second-order valence-corrected chi connectivity index (χ2v) is 4.25. The Labute approximate surface area is 109 Å². The van der Waals surface area contributed by atoms with Crippen molar-refractivity contribution >= 4 is 5.91 Å². The molecule has 0 aliphatic carbocycles. The molecule has 0 aromatic heterocycles. The van der Waals surface area contributed by atoms with Crippen LogP contribution in [0.1, 0.15) is 38.3 Å². The Balaban J connectivity index is 2.36. The quantitative estimate of drug-likeness (QED) is 0.694. The van der Waals surface area contributed by atoms with Crippen molar-refractivity contribution in [3.8, 4) is 5.75 Å². The van der Waals surface area contributed by atoms with E-state index in [4.69, 9.17) is 10.5 Å². The van der Waals surface area contributed by atoms with E-state index in [9.17, 15) is 4.79 Å². The molecule has 1 atom stereocenters. The smallest absolute Gasteiger partial charge is 0.217 e. The molecule has 3 N–H and O–H groups in total. The molecular weight excluding hydrogens is 228 g/mol. The number of benzene rings is 1. The van der Waals surface area contributed by atoms with Crippen LogP contribution in [0, 0.1) is 0 Å². The lowest BCUT2D eigenvalue weighted by molar-refractivity contribution is -0.118. The average Bonchev–Trinajstić information content (AvgIpc) is 2.35. The third kappa shape index (κ3) is 5.19. The zero-order valence-electron chi connectivity index (χ0n) is 11.1. The van der Waals surface area contributed by atoms with Gasteiger partial charge in [-0.25, -0.2) is 0 Å². The van der Waals surface area contributed by atoms with Crippen LogP contribution in [-0.4, -0.2) is 19.1 Å². The highest BCUT2D eigenvalue weighted by Crippen LogP contribution is 2.17. The van der Waals surface area contributed by atoms with E-state index in [-0.39, 0.29) is 11.9 Å². The normalized spacial score (nSPS) is 12.1. The summed E-state index contributed by atoms with van der Waals surface area (Å²) in [5.74, 6) is 0.646. The molecule has 4 heteroatoms. The van der Waals surface area contributed by atoms with Gasteiger partial charge in [-0.05, 0) is 44.5 Å². The highest BCUT2D eigenvalue weighted by molar-refractivity contribution is 5.73. The third-order valence-corrected chi connectivity index (χ3v) is 2.74. The minimum absolute atomic E-state index is 0.245. The first-order valence-corrected chi connectivity index (χ1v) is 6.38. The minimum atomic E-state index is -0.245. The molecule has 18 heavy (non-hydrogen) atoms. The van der Waals surface area contributed by atoms with Crippen molar-refractivity contribution in [1.29, 1.82) is 0 Å². The number of nitrogens with two attached hydrogens (primary N) is 1. The van der Waals surface area contributed by atoms with Crippen molar-refractivity contribution in [3.63, 3.8) is 0 Å². The summed E-state index contributed by atoms with van der Waals surface area (Å²) in [6, 6.07) is 8.31. The van der Waals surface area contributed by atoms with E-state index < -0.39 is 0 Å². The first-order valence-electron chi connectivity index (χ1n) is 6.38. The summed E-state index contributed by atoms with van der Waals surface area (Å²) in [6.07, 6.45) is 1.21. The number of nitrogens with one attached hydrogen (secondary N) is 1. The van der Waals surface area contributed by atoms with Gasteiger partial charge in [0, 0.05) is 12.5 Å². The molecule has 0 aliphatic rings. The van der Waals surface area contributed by atoms with Gasteiger partial charge in [-0.3, -0.25) is 4.79 Å². The van der Waals surface area contributed by atoms with Crippen LogP contribution in [0.15, 0.2) is 24.3 Å². The number of amides is 1. The van der Waals surface area contributed by atoms with E-state index in [2.05, 4.69) is 24.4 Å². The number of rotatable bonds is 8. The Morgan fingerprint density at radius 2 is 2.06 bits per heavy atom. The number of carbonyl (C=O) groups is 1. The van der Waals surface area contributed by atoms with E-state index in [0.29, 0.717) is 13.0 Å². The van der Waals surface area contributed by atoms with Crippen molar-refractivity contribution in [2.75, 3.05) is 13.2 Å². The Hall–Kier alpha value is -1.55. The number of ether oxygens (including phenoxy) is 1. The molecule has 1 aromatic carbocycles. The highest BCUT2D eigenvalue weighted by atomic mass is 16.5. The maximum atomic E-state index is 10.6. The lowest BCUT2D eigenvalue weighted by Crippen LogP contribution is -2.21. The largest absolute Gasteiger partial charge is 0.494 e. The number of carbonyl (C=O) groups excluding carboxylic acids is 1. The van der Waals surface area contributed by atoms with Crippen molar-refractivity contribution in [3.05, 3.63) is 29.8 Å². The molecule has 0 radical (unpaired) electrons. The summed E-state index contributed by atoms with van der Waals surface area (Å²) in [5.41, 5.74) is 6.29. The van der Waals surface area contributed by atoms with Gasteiger partial charge < -0.3 is 15.8 Å². The van der Waals surface area contributed by atoms with E-state index in [1.54, 1.807) is 0 Å².